The zero-order valence-corrected chi connectivity index (χ0v) is 71.4. The summed E-state index contributed by atoms with van der Waals surface area (Å²) >= 11 is 0. The van der Waals surface area contributed by atoms with E-state index in [1.165, 1.54) is 110 Å². The Hall–Kier alpha value is -12.6. The zero-order valence-electron chi connectivity index (χ0n) is 71.4. The van der Waals surface area contributed by atoms with Crippen molar-refractivity contribution in [3.05, 3.63) is 476 Å². The average Bonchev–Trinajstić information content (AvgIpc) is 1.55. The van der Waals surface area contributed by atoms with E-state index in [0.29, 0.717) is 0 Å². The van der Waals surface area contributed by atoms with Crippen molar-refractivity contribution in [2.75, 3.05) is 0 Å². The lowest BCUT2D eigenvalue weighted by Gasteiger charge is -2.33. The Morgan fingerprint density at radius 3 is 0.748 bits per heavy atom. The molecule has 2 nitrogen and oxygen atoms in total. The molecular formula is C113H123NO. The summed E-state index contributed by atoms with van der Waals surface area (Å²) in [5.74, 6) is 0. The lowest BCUT2D eigenvalue weighted by molar-refractivity contribution is 0.660. The SMILES string of the molecule is CC.CC.CC.CC.CC.CC.CC.CC1(C)c2ccccc2-c2ccccc21.Cc1ccccc1.c1ccc(-n2c3ccccc3c3ccccc32)cc1.c1ccc(C2(c3ccccc3)c3ccccc3-c3ccccc32)cc1.c1ccc2c(c1)oc1ccccc12.c1ccc2ccccc2c1.c1ccccc1.c1ccccc1. The van der Waals surface area contributed by atoms with Gasteiger partial charge in [0.15, 0.2) is 0 Å². The van der Waals surface area contributed by atoms with Gasteiger partial charge in [0.2, 0.25) is 0 Å². The molecule has 0 saturated carbocycles. The first-order valence-corrected chi connectivity index (χ1v) is 41.7. The van der Waals surface area contributed by atoms with Gasteiger partial charge in [0.1, 0.15) is 11.2 Å². The van der Waals surface area contributed by atoms with E-state index in [0.717, 1.165) is 11.2 Å². The van der Waals surface area contributed by atoms with E-state index in [1.807, 2.05) is 224 Å². The molecule has 18 aromatic rings. The molecule has 2 aromatic heterocycles. The van der Waals surface area contributed by atoms with Crippen molar-refractivity contribution >= 4 is 54.5 Å². The fourth-order valence-electron chi connectivity index (χ4n) is 14.0. The second kappa shape index (κ2) is 51.1. The Labute approximate surface area is 691 Å². The third-order valence-electron chi connectivity index (χ3n) is 18.7. The third kappa shape index (κ3) is 23.7. The molecule has 2 heteroatoms. The third-order valence-corrected chi connectivity index (χ3v) is 18.7. The molecule has 0 saturated heterocycles. The number of para-hydroxylation sites is 5. The minimum atomic E-state index is -0.254. The lowest BCUT2D eigenvalue weighted by atomic mass is 9.68. The molecule has 16 aromatic carbocycles. The van der Waals surface area contributed by atoms with E-state index in [4.69, 9.17) is 4.42 Å². The molecule has 0 amide bonds. The molecule has 0 bridgehead atoms. The van der Waals surface area contributed by atoms with Gasteiger partial charge in [-0.05, 0) is 110 Å². The predicted molar refractivity (Wildman–Crippen MR) is 510 cm³/mol. The van der Waals surface area contributed by atoms with Crippen LogP contribution in [0.5, 0.6) is 0 Å². The fourth-order valence-corrected chi connectivity index (χ4v) is 14.0. The summed E-state index contributed by atoms with van der Waals surface area (Å²) in [5.41, 5.74) is 20.6. The maximum Gasteiger partial charge on any atom is 0.135 e. The fraction of sp³-hybridized carbons (Fsp3) is 0.168. The summed E-state index contributed by atoms with van der Waals surface area (Å²) in [4.78, 5) is 0. The van der Waals surface area contributed by atoms with E-state index >= 15 is 0 Å². The first-order chi connectivity index (χ1) is 56.9. The van der Waals surface area contributed by atoms with E-state index in [2.05, 4.69) is 335 Å². The van der Waals surface area contributed by atoms with Crippen LogP contribution in [0.15, 0.2) is 441 Å². The first kappa shape index (κ1) is 91.3. The number of furan rings is 1. The quantitative estimate of drug-likeness (QED) is 0.172. The van der Waals surface area contributed by atoms with Crippen LogP contribution in [0.1, 0.15) is 150 Å². The first-order valence-electron chi connectivity index (χ1n) is 41.7. The van der Waals surface area contributed by atoms with Crippen molar-refractivity contribution in [1.82, 2.24) is 4.57 Å². The number of rotatable bonds is 3. The number of nitrogens with zero attached hydrogens (tertiary/aromatic N) is 1. The van der Waals surface area contributed by atoms with Gasteiger partial charge >= 0.3 is 0 Å². The largest absolute Gasteiger partial charge is 0.456 e. The second-order valence-electron chi connectivity index (χ2n) is 25.4. The van der Waals surface area contributed by atoms with Crippen LogP contribution in [0, 0.1) is 6.92 Å². The Morgan fingerprint density at radius 2 is 0.435 bits per heavy atom. The van der Waals surface area contributed by atoms with Gasteiger partial charge < -0.3 is 8.98 Å². The van der Waals surface area contributed by atoms with Crippen LogP contribution in [0.25, 0.3) is 82.5 Å². The highest BCUT2D eigenvalue weighted by Gasteiger charge is 2.45. The Bertz CT molecular complexity index is 5180. The monoisotopic (exact) mass is 1510 g/mol. The van der Waals surface area contributed by atoms with Gasteiger partial charge in [-0.1, -0.05) is 517 Å². The lowest BCUT2D eigenvalue weighted by Crippen LogP contribution is -2.28. The molecular weight excluding hydrogens is 1390 g/mol. The Morgan fingerprint density at radius 1 is 0.209 bits per heavy atom. The van der Waals surface area contributed by atoms with Gasteiger partial charge in [-0.3, -0.25) is 0 Å². The molecule has 0 radical (unpaired) electrons. The molecule has 2 heterocycles. The highest BCUT2D eigenvalue weighted by Crippen LogP contribution is 2.56. The van der Waals surface area contributed by atoms with Crippen LogP contribution < -0.4 is 0 Å². The Kier molecular flexibility index (Phi) is 40.6. The van der Waals surface area contributed by atoms with Crippen LogP contribution >= 0.6 is 0 Å². The standard InChI is InChI=1S/C25H18.C18H13N.C15H14.C12H8O.C10H8.C7H8.2C6H6.7C2H6/c1-3-11-19(12-4-1)25(20-13-5-2-6-14-20)23-17-9-7-15-21(23)22-16-8-10-18-24(22)25;1-2-8-14(9-3-1)19-17-12-6-4-10-15(17)16-11-5-7-13-18(16)19;1-15(2)13-9-5-3-7-11(13)12-8-4-6-10-14(12)15;1-3-7-11-9(5-1)10-6-2-4-8-12(10)13-11;1-2-6-10-8-4-3-7-9(10)5-1;1-7-5-3-2-4-6-7;2*1-2-4-6-5-3-1;7*1-2/h1-18H;1-13H;3-10H,1-2H3;1-8H;1-8H;2-6H,1H3;2*1-6H;7*1-2H3. The summed E-state index contributed by atoms with van der Waals surface area (Å²) in [7, 11) is 0. The number of aromatic nitrogens is 1. The van der Waals surface area contributed by atoms with Crippen molar-refractivity contribution < 1.29 is 4.42 Å². The predicted octanol–water partition coefficient (Wildman–Crippen LogP) is 33.8. The molecule has 0 spiro atoms. The van der Waals surface area contributed by atoms with Gasteiger partial charge in [-0.25, -0.2) is 0 Å². The van der Waals surface area contributed by atoms with Gasteiger partial charge in [0.05, 0.1) is 16.4 Å². The van der Waals surface area contributed by atoms with Crippen molar-refractivity contribution in [3.8, 4) is 27.9 Å². The van der Waals surface area contributed by atoms with Crippen molar-refractivity contribution in [2.45, 2.75) is 129 Å². The van der Waals surface area contributed by atoms with Gasteiger partial charge in [-0.2, -0.15) is 0 Å². The number of hydrogen-bond donors (Lipinski definition) is 0. The maximum absolute atomic E-state index is 5.65. The highest BCUT2D eigenvalue weighted by molar-refractivity contribution is 6.09. The van der Waals surface area contributed by atoms with Crippen LogP contribution in [-0.4, -0.2) is 4.57 Å². The Balaban J connectivity index is 0.000000207. The molecule has 0 N–H and O–H groups in total. The number of benzene rings is 16. The van der Waals surface area contributed by atoms with E-state index in [9.17, 15) is 0 Å². The number of aryl methyl sites for hydroxylation is 1. The highest BCUT2D eigenvalue weighted by atomic mass is 16.3. The van der Waals surface area contributed by atoms with Crippen LogP contribution in [-0.2, 0) is 10.8 Å². The van der Waals surface area contributed by atoms with Crippen molar-refractivity contribution in [2.24, 2.45) is 0 Å². The summed E-state index contributed by atoms with van der Waals surface area (Å²) in [5, 5.41) is 7.62. The summed E-state index contributed by atoms with van der Waals surface area (Å²) in [6, 6.07) is 152. The normalized spacial score (nSPS) is 10.8. The van der Waals surface area contributed by atoms with E-state index in [1.54, 1.807) is 0 Å². The minimum absolute atomic E-state index is 0.160. The van der Waals surface area contributed by atoms with Gasteiger partial charge in [0.25, 0.3) is 0 Å². The smallest absolute Gasteiger partial charge is 0.135 e. The van der Waals surface area contributed by atoms with Gasteiger partial charge in [0, 0.05) is 32.6 Å². The van der Waals surface area contributed by atoms with E-state index < -0.39 is 0 Å². The molecule has 586 valence electrons. The summed E-state index contributed by atoms with van der Waals surface area (Å²) < 4.78 is 7.98. The number of fused-ring (bicyclic) bond motifs is 13. The summed E-state index contributed by atoms with van der Waals surface area (Å²) in [6.45, 7) is 34.7. The molecule has 0 unspecified atom stereocenters. The molecule has 0 fully saturated rings. The minimum Gasteiger partial charge on any atom is -0.456 e. The molecule has 0 atom stereocenters. The molecule has 2 aliphatic carbocycles. The molecule has 115 heavy (non-hydrogen) atoms. The average molecular weight is 1510 g/mol. The van der Waals surface area contributed by atoms with E-state index in [-0.39, 0.29) is 10.8 Å². The summed E-state index contributed by atoms with van der Waals surface area (Å²) in [6.07, 6.45) is 0. The zero-order chi connectivity index (χ0) is 82.9. The van der Waals surface area contributed by atoms with Crippen molar-refractivity contribution in [1.29, 1.82) is 0 Å². The maximum atomic E-state index is 5.65. The molecule has 20 rings (SSSR count). The second-order valence-corrected chi connectivity index (χ2v) is 25.4. The van der Waals surface area contributed by atoms with Crippen LogP contribution in [0.3, 0.4) is 0 Å². The van der Waals surface area contributed by atoms with Crippen molar-refractivity contribution in [3.63, 3.8) is 0 Å². The van der Waals surface area contributed by atoms with Crippen LogP contribution in [0.2, 0.25) is 0 Å². The topological polar surface area (TPSA) is 18.1 Å². The molecule has 2 aliphatic rings. The number of hydrogen-bond acceptors (Lipinski definition) is 1. The van der Waals surface area contributed by atoms with Gasteiger partial charge in [-0.15, -0.1) is 0 Å². The van der Waals surface area contributed by atoms with Crippen LogP contribution in [0.4, 0.5) is 0 Å². The molecule has 0 aliphatic heterocycles.